The molecule has 0 radical (unpaired) electrons. The van der Waals surface area contributed by atoms with Gasteiger partial charge in [0.25, 0.3) is 0 Å². The van der Waals surface area contributed by atoms with Crippen molar-refractivity contribution >= 4 is 40.7 Å². The Morgan fingerprint density at radius 2 is 1.65 bits per heavy atom. The maximum atomic E-state index is 14.1. The van der Waals surface area contributed by atoms with E-state index in [1.54, 1.807) is 26.2 Å². The van der Waals surface area contributed by atoms with Gasteiger partial charge in [0.2, 0.25) is 0 Å². The highest BCUT2D eigenvalue weighted by Crippen LogP contribution is 2.77. The summed E-state index contributed by atoms with van der Waals surface area (Å²) in [6.07, 6.45) is 11.1. The van der Waals surface area contributed by atoms with E-state index in [2.05, 4.69) is 63.5 Å². The molecule has 0 spiro atoms. The van der Waals surface area contributed by atoms with Gasteiger partial charge >= 0.3 is 11.9 Å². The van der Waals surface area contributed by atoms with Gasteiger partial charge in [-0.15, -0.1) is 10.2 Å². The van der Waals surface area contributed by atoms with E-state index in [4.69, 9.17) is 21.4 Å². The molecule has 282 valence electrons. The summed E-state index contributed by atoms with van der Waals surface area (Å²) >= 11 is 7.60. The third-order valence-electron chi connectivity index (χ3n) is 15.5. The number of aliphatic carboxylic acids is 1. The molecule has 5 aliphatic carbocycles. The number of carboxylic acid groups (broad SMARTS) is 1. The molecule has 5 aliphatic rings. The Bertz CT molecular complexity index is 1840. The van der Waals surface area contributed by atoms with E-state index < -0.39 is 22.8 Å². The molecule has 7 rings (SSSR count). The van der Waals surface area contributed by atoms with Gasteiger partial charge in [-0.05, 0) is 116 Å². The maximum Gasteiger partial charge on any atom is 0.309 e. The van der Waals surface area contributed by atoms with Crippen molar-refractivity contribution < 1.29 is 24.2 Å². The largest absolute Gasteiger partial charge is 0.481 e. The Morgan fingerprint density at radius 3 is 2.31 bits per heavy atom. The first-order chi connectivity index (χ1) is 24.2. The molecular weight excluding hydrogens is 696 g/mol. The van der Waals surface area contributed by atoms with Crippen molar-refractivity contribution in [1.29, 1.82) is 0 Å². The number of Topliss-reactive ketones (excluding diaryl/α,β-unsaturated/α-hetero) is 1. The van der Waals surface area contributed by atoms with Gasteiger partial charge in [0.05, 0.1) is 22.3 Å². The number of halogens is 1. The van der Waals surface area contributed by atoms with Crippen LogP contribution in [-0.2, 0) is 24.5 Å². The second-order valence-corrected chi connectivity index (χ2v) is 20.5. The van der Waals surface area contributed by atoms with Crippen LogP contribution in [0.1, 0.15) is 132 Å². The van der Waals surface area contributed by atoms with Crippen LogP contribution in [0.3, 0.4) is 0 Å². The number of ketones is 1. The maximum absolute atomic E-state index is 14.1. The summed E-state index contributed by atoms with van der Waals surface area (Å²) in [4.78, 5) is 47.8. The van der Waals surface area contributed by atoms with Crippen molar-refractivity contribution in [3.8, 4) is 10.8 Å². The summed E-state index contributed by atoms with van der Waals surface area (Å²) in [5.74, 6) is 0.604. The van der Waals surface area contributed by atoms with E-state index in [1.165, 1.54) is 16.9 Å². The normalized spacial score (nSPS) is 36.9. The first-order valence-electron chi connectivity index (χ1n) is 19.2. The Labute approximate surface area is 317 Å². The van der Waals surface area contributed by atoms with Crippen LogP contribution in [-0.4, -0.2) is 49.1 Å². The number of ether oxygens (including phenoxy) is 1. The molecule has 0 aliphatic heterocycles. The zero-order valence-corrected chi connectivity index (χ0v) is 33.8. The van der Waals surface area contributed by atoms with Gasteiger partial charge in [-0.2, -0.15) is 0 Å². The van der Waals surface area contributed by atoms with E-state index in [1.807, 2.05) is 0 Å². The van der Waals surface area contributed by atoms with E-state index >= 15 is 0 Å². The van der Waals surface area contributed by atoms with Crippen LogP contribution in [0.2, 0.25) is 5.02 Å². The standard InChI is InChI=1S/C41H55ClN4O5S/c1-22(2)30-25(47)18-41(34-46-45-33(52-34)32-43-20-23(42)21-44-32)17-16-39(8)24(31(30)41)10-11-27-38(7)14-13-28(51-29(48)19-36(3,4)35(49)50)37(5,6)26(38)12-15-40(27,39)9/h20-22,24,26-28H,10-19H2,1-9H3,(H,49,50)/t24-,26+,27-,28+,38+,39-,40-,41-/m1/s1. The zero-order chi connectivity index (χ0) is 37.8. The number of carbonyl (C=O) groups is 3. The summed E-state index contributed by atoms with van der Waals surface area (Å²) in [6.45, 7) is 19.7. The van der Waals surface area contributed by atoms with Crippen LogP contribution in [0.5, 0.6) is 0 Å². The smallest absolute Gasteiger partial charge is 0.309 e. The van der Waals surface area contributed by atoms with Crippen molar-refractivity contribution in [2.75, 3.05) is 0 Å². The minimum Gasteiger partial charge on any atom is -0.481 e. The second-order valence-electron chi connectivity index (χ2n) is 19.1. The SMILES string of the molecule is CC(C)C1=C2[C@H]3CC[C@@H]4[C@@]5(C)CC[C@H](OC(=O)CC(C)(C)C(=O)O)C(C)(C)[C@@H]5CC[C@@]4(C)[C@]3(C)CC[C@@]2(c2nnc(-c3ncc(Cl)cn3)s2)CC1=O. The number of rotatable bonds is 7. The molecule has 2 aromatic rings. The fraction of sp³-hybridized carbons (Fsp3) is 0.732. The number of fused-ring (bicyclic) bond motifs is 7. The zero-order valence-electron chi connectivity index (χ0n) is 32.3. The molecule has 1 N–H and O–H groups in total. The van der Waals surface area contributed by atoms with Gasteiger partial charge in [0.1, 0.15) is 11.1 Å². The van der Waals surface area contributed by atoms with Crippen molar-refractivity contribution in [2.24, 2.45) is 50.7 Å². The summed E-state index contributed by atoms with van der Waals surface area (Å²) < 4.78 is 6.17. The van der Waals surface area contributed by atoms with Crippen LogP contribution in [0.4, 0.5) is 0 Å². The van der Waals surface area contributed by atoms with Crippen LogP contribution < -0.4 is 0 Å². The Kier molecular flexibility index (Phi) is 8.97. The summed E-state index contributed by atoms with van der Waals surface area (Å²) in [5, 5.41) is 21.0. The summed E-state index contributed by atoms with van der Waals surface area (Å²) in [5.41, 5.74) is 0.619. The van der Waals surface area contributed by atoms with E-state index in [-0.39, 0.29) is 51.8 Å². The molecule has 11 heteroatoms. The van der Waals surface area contributed by atoms with Crippen molar-refractivity contribution in [3.05, 3.63) is 33.6 Å². The fourth-order valence-electron chi connectivity index (χ4n) is 12.6. The van der Waals surface area contributed by atoms with Crippen LogP contribution in [0.25, 0.3) is 10.8 Å². The number of carboxylic acids is 1. The topological polar surface area (TPSA) is 132 Å². The lowest BCUT2D eigenvalue weighted by molar-refractivity contribution is -0.232. The number of hydrogen-bond donors (Lipinski definition) is 1. The number of nitrogens with zero attached hydrogens (tertiary/aromatic N) is 4. The van der Waals surface area contributed by atoms with Gasteiger partial charge in [-0.3, -0.25) is 14.4 Å². The molecule has 4 fully saturated rings. The number of hydrogen-bond acceptors (Lipinski definition) is 9. The van der Waals surface area contributed by atoms with Crippen LogP contribution in [0.15, 0.2) is 23.5 Å². The number of allylic oxidation sites excluding steroid dienone is 2. The van der Waals surface area contributed by atoms with Gasteiger partial charge in [0.15, 0.2) is 16.6 Å². The lowest BCUT2D eigenvalue weighted by Crippen LogP contribution is -2.66. The quantitative estimate of drug-likeness (QED) is 0.275. The summed E-state index contributed by atoms with van der Waals surface area (Å²) in [6, 6.07) is 0. The molecule has 9 nitrogen and oxygen atoms in total. The lowest BCUT2D eigenvalue weighted by Gasteiger charge is -2.72. The molecule has 2 heterocycles. The molecule has 4 saturated carbocycles. The number of esters is 1. The third-order valence-corrected chi connectivity index (χ3v) is 16.8. The highest BCUT2D eigenvalue weighted by atomic mass is 35.5. The highest BCUT2D eigenvalue weighted by Gasteiger charge is 2.70. The third kappa shape index (κ3) is 5.37. The predicted molar refractivity (Wildman–Crippen MR) is 201 cm³/mol. The first kappa shape index (κ1) is 37.6. The van der Waals surface area contributed by atoms with E-state index in [9.17, 15) is 19.5 Å². The minimum absolute atomic E-state index is 0.00380. The molecule has 2 aromatic heterocycles. The van der Waals surface area contributed by atoms with Gasteiger partial charge < -0.3 is 9.84 Å². The molecule has 0 unspecified atom stereocenters. The van der Waals surface area contributed by atoms with Crippen molar-refractivity contribution in [3.63, 3.8) is 0 Å². The average molecular weight is 751 g/mol. The average Bonchev–Trinajstić information content (AvgIpc) is 3.66. The van der Waals surface area contributed by atoms with Crippen LogP contribution in [0, 0.1) is 50.7 Å². The minimum atomic E-state index is -1.17. The molecule has 0 aromatic carbocycles. The molecular formula is C41H55ClN4O5S. The summed E-state index contributed by atoms with van der Waals surface area (Å²) in [7, 11) is 0. The fourth-order valence-corrected chi connectivity index (χ4v) is 13.8. The Morgan fingerprint density at radius 1 is 0.962 bits per heavy atom. The molecule has 0 bridgehead atoms. The number of aromatic nitrogens is 4. The monoisotopic (exact) mass is 750 g/mol. The Hall–Kier alpha value is -2.72. The van der Waals surface area contributed by atoms with Gasteiger partial charge in [0, 0.05) is 24.2 Å². The Balaban J connectivity index is 1.20. The van der Waals surface area contributed by atoms with Crippen molar-refractivity contribution in [2.45, 2.75) is 138 Å². The van der Waals surface area contributed by atoms with E-state index in [0.29, 0.717) is 34.1 Å². The van der Waals surface area contributed by atoms with Gasteiger partial charge in [-0.1, -0.05) is 71.4 Å². The molecule has 52 heavy (non-hydrogen) atoms. The predicted octanol–water partition coefficient (Wildman–Crippen LogP) is 9.29. The molecule has 0 saturated heterocycles. The number of carbonyl (C=O) groups excluding carboxylic acids is 2. The molecule has 0 amide bonds. The van der Waals surface area contributed by atoms with E-state index in [0.717, 1.165) is 61.9 Å². The first-order valence-corrected chi connectivity index (χ1v) is 20.4. The highest BCUT2D eigenvalue weighted by molar-refractivity contribution is 7.14. The van der Waals surface area contributed by atoms with Crippen LogP contribution >= 0.6 is 22.9 Å². The molecule has 8 atom stereocenters. The lowest BCUT2D eigenvalue weighted by atomic mass is 9.33. The second kappa shape index (κ2) is 12.4. The van der Waals surface area contributed by atoms with Crippen molar-refractivity contribution in [1.82, 2.24) is 20.2 Å². The van der Waals surface area contributed by atoms with Gasteiger partial charge in [-0.25, -0.2) is 9.97 Å².